The van der Waals surface area contributed by atoms with E-state index in [4.69, 9.17) is 0 Å². The highest BCUT2D eigenvalue weighted by Crippen LogP contribution is 2.27. The number of anilines is 1. The van der Waals surface area contributed by atoms with Gasteiger partial charge in [-0.2, -0.15) is 0 Å². The topological polar surface area (TPSA) is 101 Å². The van der Waals surface area contributed by atoms with Crippen molar-refractivity contribution in [2.45, 2.75) is 30.2 Å². The Morgan fingerprint density at radius 1 is 1.14 bits per heavy atom. The van der Waals surface area contributed by atoms with Crippen LogP contribution in [0.2, 0.25) is 0 Å². The van der Waals surface area contributed by atoms with E-state index in [1.807, 2.05) is 0 Å². The first-order valence-electron chi connectivity index (χ1n) is 6.48. The van der Waals surface area contributed by atoms with Crippen molar-refractivity contribution in [2.24, 2.45) is 0 Å². The lowest BCUT2D eigenvalue weighted by atomic mass is 10.3. The molecular formula is C12H14N2O5S2. The lowest BCUT2D eigenvalue weighted by Gasteiger charge is -2.15. The molecule has 21 heavy (non-hydrogen) atoms. The predicted molar refractivity (Wildman–Crippen MR) is 75.7 cm³/mol. The largest absolute Gasteiger partial charge is 0.273 e. The van der Waals surface area contributed by atoms with Crippen LogP contribution in [0.5, 0.6) is 0 Å². The average Bonchev–Trinajstić information content (AvgIpc) is 3.15. The Bertz CT molecular complexity index is 779. The number of hydrogen-bond acceptors (Lipinski definition) is 5. The highest BCUT2D eigenvalue weighted by Gasteiger charge is 2.36. The fraction of sp³-hybridized carbons (Fsp3) is 0.417. The molecule has 1 amide bonds. The zero-order chi connectivity index (χ0) is 15.3. The third kappa shape index (κ3) is 2.81. The molecule has 1 N–H and O–H groups in total. The van der Waals surface area contributed by atoms with Gasteiger partial charge in [0.1, 0.15) is 0 Å². The third-order valence-corrected chi connectivity index (χ3v) is 6.59. The quantitative estimate of drug-likeness (QED) is 0.849. The van der Waals surface area contributed by atoms with Crippen molar-refractivity contribution in [1.82, 2.24) is 4.72 Å². The molecule has 1 saturated carbocycles. The van der Waals surface area contributed by atoms with Gasteiger partial charge >= 0.3 is 0 Å². The number of sulfonamides is 2. The van der Waals surface area contributed by atoms with Crippen LogP contribution in [0.1, 0.15) is 19.3 Å². The molecule has 0 unspecified atom stereocenters. The van der Waals surface area contributed by atoms with Crippen LogP contribution in [-0.2, 0) is 24.8 Å². The maximum atomic E-state index is 12.0. The standard InChI is InChI=1S/C12H14N2O5S2/c15-12-7-8-20(16,17)14(12)10-3-5-11(6-4-10)21(18,19)13-9-1-2-9/h3-6,9,13H,1-2,7-8H2. The van der Waals surface area contributed by atoms with Crippen LogP contribution < -0.4 is 9.03 Å². The van der Waals surface area contributed by atoms with Gasteiger partial charge in [0.15, 0.2) is 0 Å². The summed E-state index contributed by atoms with van der Waals surface area (Å²) in [6, 6.07) is 5.28. The molecule has 3 rings (SSSR count). The van der Waals surface area contributed by atoms with Gasteiger partial charge in [-0.25, -0.2) is 25.9 Å². The minimum atomic E-state index is -3.63. The zero-order valence-electron chi connectivity index (χ0n) is 11.0. The van der Waals surface area contributed by atoms with E-state index < -0.39 is 26.0 Å². The van der Waals surface area contributed by atoms with E-state index in [2.05, 4.69) is 4.72 Å². The molecule has 1 saturated heterocycles. The Morgan fingerprint density at radius 2 is 1.76 bits per heavy atom. The van der Waals surface area contributed by atoms with E-state index in [1.54, 1.807) is 0 Å². The van der Waals surface area contributed by atoms with Gasteiger partial charge in [-0.1, -0.05) is 0 Å². The number of nitrogens with one attached hydrogen (secondary N) is 1. The van der Waals surface area contributed by atoms with Gasteiger partial charge in [0.25, 0.3) is 0 Å². The lowest BCUT2D eigenvalue weighted by Crippen LogP contribution is -2.29. The highest BCUT2D eigenvalue weighted by molar-refractivity contribution is 7.94. The molecule has 0 atom stereocenters. The summed E-state index contributed by atoms with van der Waals surface area (Å²) in [5.74, 6) is -0.712. The minimum absolute atomic E-state index is 0.00443. The monoisotopic (exact) mass is 330 g/mol. The number of hydrogen-bond donors (Lipinski definition) is 1. The van der Waals surface area contributed by atoms with Crippen LogP contribution in [0.4, 0.5) is 5.69 Å². The van der Waals surface area contributed by atoms with E-state index in [0.717, 1.165) is 17.1 Å². The van der Waals surface area contributed by atoms with Crippen LogP contribution >= 0.6 is 0 Å². The minimum Gasteiger partial charge on any atom is -0.273 e. The van der Waals surface area contributed by atoms with Crippen LogP contribution in [0, 0.1) is 0 Å². The summed E-state index contributed by atoms with van der Waals surface area (Å²) in [6.45, 7) is 0. The predicted octanol–water partition coefficient (Wildman–Crippen LogP) is 0.194. The summed E-state index contributed by atoms with van der Waals surface area (Å²) >= 11 is 0. The number of benzene rings is 1. The fourth-order valence-corrected chi connectivity index (χ4v) is 4.88. The highest BCUT2D eigenvalue weighted by atomic mass is 32.2. The van der Waals surface area contributed by atoms with E-state index in [9.17, 15) is 21.6 Å². The Hall–Kier alpha value is -1.45. The molecule has 7 nitrogen and oxygen atoms in total. The Balaban J connectivity index is 1.89. The maximum Gasteiger partial charge on any atom is 0.242 e. The van der Waals surface area contributed by atoms with Gasteiger partial charge in [0.2, 0.25) is 26.0 Å². The first-order valence-corrected chi connectivity index (χ1v) is 9.57. The summed E-state index contributed by atoms with van der Waals surface area (Å²) in [4.78, 5) is 11.7. The number of carbonyl (C=O) groups is 1. The van der Waals surface area contributed by atoms with Gasteiger partial charge in [-0.3, -0.25) is 4.79 Å². The summed E-state index contributed by atoms with van der Waals surface area (Å²) in [5, 5.41) is 0. The molecule has 1 aromatic rings. The van der Waals surface area contributed by atoms with Crippen molar-refractivity contribution in [3.05, 3.63) is 24.3 Å². The molecule has 0 aromatic heterocycles. The molecule has 1 aliphatic carbocycles. The second-order valence-electron chi connectivity index (χ2n) is 5.11. The van der Waals surface area contributed by atoms with Crippen LogP contribution in [0.3, 0.4) is 0 Å². The molecule has 0 bridgehead atoms. The molecule has 9 heteroatoms. The van der Waals surface area contributed by atoms with Crippen LogP contribution in [0.15, 0.2) is 29.2 Å². The smallest absolute Gasteiger partial charge is 0.242 e. The van der Waals surface area contributed by atoms with Crippen molar-refractivity contribution in [3.63, 3.8) is 0 Å². The molecule has 2 aliphatic rings. The summed E-state index contributed by atoms with van der Waals surface area (Å²) in [6.07, 6.45) is 1.61. The molecule has 0 spiro atoms. The number of amides is 1. The van der Waals surface area contributed by atoms with E-state index in [1.165, 1.54) is 24.3 Å². The SMILES string of the molecule is O=C1CCS(=O)(=O)N1c1ccc(S(=O)(=O)NC2CC2)cc1. The molecule has 1 heterocycles. The summed E-state index contributed by atoms with van der Waals surface area (Å²) < 4.78 is 50.8. The van der Waals surface area contributed by atoms with Crippen molar-refractivity contribution in [2.75, 3.05) is 10.1 Å². The second kappa shape index (κ2) is 4.79. The van der Waals surface area contributed by atoms with Crippen LogP contribution in [0.25, 0.3) is 0 Å². The first-order chi connectivity index (χ1) is 9.79. The van der Waals surface area contributed by atoms with Gasteiger partial charge in [-0.05, 0) is 37.1 Å². The maximum absolute atomic E-state index is 12.0. The Labute approximate surface area is 123 Å². The zero-order valence-corrected chi connectivity index (χ0v) is 12.7. The number of rotatable bonds is 4. The van der Waals surface area contributed by atoms with Crippen molar-refractivity contribution >= 4 is 31.6 Å². The number of nitrogens with zero attached hydrogens (tertiary/aromatic N) is 1. The first kappa shape index (κ1) is 14.5. The summed E-state index contributed by atoms with van der Waals surface area (Å²) in [7, 11) is -7.21. The van der Waals surface area contributed by atoms with Crippen molar-refractivity contribution in [3.8, 4) is 0 Å². The Morgan fingerprint density at radius 3 is 2.24 bits per heavy atom. The van der Waals surface area contributed by atoms with Crippen molar-refractivity contribution in [1.29, 1.82) is 0 Å². The fourth-order valence-electron chi connectivity index (χ4n) is 2.12. The molecular weight excluding hydrogens is 316 g/mol. The van der Waals surface area contributed by atoms with Gasteiger partial charge in [0.05, 0.1) is 16.3 Å². The van der Waals surface area contributed by atoms with Gasteiger partial charge in [0, 0.05) is 12.5 Å². The lowest BCUT2D eigenvalue weighted by molar-refractivity contribution is -0.116. The second-order valence-corrected chi connectivity index (χ2v) is 8.76. The Kier molecular flexibility index (Phi) is 3.30. The van der Waals surface area contributed by atoms with Gasteiger partial charge in [-0.15, -0.1) is 0 Å². The summed E-state index contributed by atoms with van der Waals surface area (Å²) in [5.41, 5.74) is 0.169. The molecule has 114 valence electrons. The molecule has 1 aliphatic heterocycles. The molecule has 2 fully saturated rings. The normalized spacial score (nSPS) is 21.7. The third-order valence-electron chi connectivity index (χ3n) is 3.36. The molecule has 1 aromatic carbocycles. The average molecular weight is 330 g/mol. The van der Waals surface area contributed by atoms with E-state index >= 15 is 0 Å². The molecule has 0 radical (unpaired) electrons. The number of carbonyl (C=O) groups excluding carboxylic acids is 1. The van der Waals surface area contributed by atoms with E-state index in [0.29, 0.717) is 0 Å². The van der Waals surface area contributed by atoms with E-state index in [-0.39, 0.29) is 28.8 Å². The van der Waals surface area contributed by atoms with Gasteiger partial charge < -0.3 is 0 Å². The van der Waals surface area contributed by atoms with Crippen molar-refractivity contribution < 1.29 is 21.6 Å². The van der Waals surface area contributed by atoms with Crippen LogP contribution in [-0.4, -0.2) is 34.5 Å².